The van der Waals surface area contributed by atoms with Crippen molar-refractivity contribution >= 4 is 12.6 Å². The minimum absolute atomic E-state index is 0.657. The summed E-state index contributed by atoms with van der Waals surface area (Å²) >= 11 is 4.34. The van der Waals surface area contributed by atoms with E-state index in [1.54, 1.807) is 0 Å². The van der Waals surface area contributed by atoms with Crippen LogP contribution in [0, 0.1) is 17.8 Å². The first-order valence-corrected chi connectivity index (χ1v) is 9.39. The Kier molecular flexibility index (Phi) is 7.20. The molecular weight excluding hydrogens is 264 g/mol. The fourth-order valence-corrected chi connectivity index (χ4v) is 4.59. The van der Waals surface area contributed by atoms with Crippen LogP contribution < -0.4 is 10.6 Å². The SMILES string of the molecule is CNC1CCC(CC2CCCCC2C)CC1NCCS. The average molecular weight is 299 g/mol. The topological polar surface area (TPSA) is 24.1 Å². The highest BCUT2D eigenvalue weighted by Gasteiger charge is 2.32. The normalized spacial score (nSPS) is 38.9. The Morgan fingerprint density at radius 3 is 2.55 bits per heavy atom. The van der Waals surface area contributed by atoms with Crippen LogP contribution in [0.4, 0.5) is 0 Å². The molecule has 0 saturated heterocycles. The summed E-state index contributed by atoms with van der Waals surface area (Å²) in [6.45, 7) is 3.53. The molecule has 2 N–H and O–H groups in total. The Hall–Kier alpha value is 0.270. The van der Waals surface area contributed by atoms with Gasteiger partial charge in [-0.15, -0.1) is 0 Å². The van der Waals surface area contributed by atoms with Gasteiger partial charge in [0.1, 0.15) is 0 Å². The molecule has 2 aliphatic carbocycles. The standard InChI is InChI=1S/C17H34N2S/c1-13-5-3-4-6-15(13)11-14-7-8-16(18-2)17(12-14)19-9-10-20/h13-20H,3-12H2,1-2H3. The van der Waals surface area contributed by atoms with Gasteiger partial charge in [-0.25, -0.2) is 0 Å². The number of thiol groups is 1. The lowest BCUT2D eigenvalue weighted by Crippen LogP contribution is -2.51. The van der Waals surface area contributed by atoms with Crippen molar-refractivity contribution in [1.29, 1.82) is 0 Å². The first-order chi connectivity index (χ1) is 9.74. The Bertz CT molecular complexity index is 272. The van der Waals surface area contributed by atoms with E-state index in [1.807, 2.05) is 0 Å². The van der Waals surface area contributed by atoms with E-state index in [1.165, 1.54) is 51.4 Å². The van der Waals surface area contributed by atoms with Crippen LogP contribution in [0.2, 0.25) is 0 Å². The molecule has 5 unspecified atom stereocenters. The number of rotatable bonds is 6. The van der Waals surface area contributed by atoms with Crippen molar-refractivity contribution in [1.82, 2.24) is 10.6 Å². The number of likely N-dealkylation sites (N-methyl/N-ethyl adjacent to an activating group) is 1. The minimum atomic E-state index is 0.657. The Balaban J connectivity index is 1.83. The lowest BCUT2D eigenvalue weighted by molar-refractivity contribution is 0.160. The van der Waals surface area contributed by atoms with Crippen LogP contribution in [0.5, 0.6) is 0 Å². The molecule has 0 aromatic carbocycles. The molecule has 2 nitrogen and oxygen atoms in total. The van der Waals surface area contributed by atoms with Gasteiger partial charge >= 0.3 is 0 Å². The van der Waals surface area contributed by atoms with E-state index in [2.05, 4.69) is 37.2 Å². The Morgan fingerprint density at radius 1 is 1.05 bits per heavy atom. The molecule has 0 amide bonds. The number of nitrogens with one attached hydrogen (secondary N) is 2. The Morgan fingerprint density at radius 2 is 1.85 bits per heavy atom. The van der Waals surface area contributed by atoms with Gasteiger partial charge in [0.2, 0.25) is 0 Å². The van der Waals surface area contributed by atoms with Crippen molar-refractivity contribution in [3.63, 3.8) is 0 Å². The van der Waals surface area contributed by atoms with Crippen molar-refractivity contribution in [3.05, 3.63) is 0 Å². The quantitative estimate of drug-likeness (QED) is 0.654. The van der Waals surface area contributed by atoms with Crippen molar-refractivity contribution in [2.45, 2.75) is 70.4 Å². The lowest BCUT2D eigenvalue weighted by atomic mass is 9.71. The van der Waals surface area contributed by atoms with Crippen LogP contribution in [-0.2, 0) is 0 Å². The predicted octanol–water partition coefficient (Wildman–Crippen LogP) is 3.48. The molecule has 0 bridgehead atoms. The molecule has 2 fully saturated rings. The van der Waals surface area contributed by atoms with Gasteiger partial charge in [-0.2, -0.15) is 12.6 Å². The van der Waals surface area contributed by atoms with Crippen molar-refractivity contribution in [2.24, 2.45) is 17.8 Å². The zero-order valence-electron chi connectivity index (χ0n) is 13.4. The highest BCUT2D eigenvalue weighted by Crippen LogP contribution is 2.38. The first kappa shape index (κ1) is 16.6. The summed E-state index contributed by atoms with van der Waals surface area (Å²) in [4.78, 5) is 0. The van der Waals surface area contributed by atoms with Crippen LogP contribution >= 0.6 is 12.6 Å². The molecule has 2 saturated carbocycles. The summed E-state index contributed by atoms with van der Waals surface area (Å²) in [6.07, 6.45) is 11.5. The molecule has 3 heteroatoms. The number of hydrogen-bond donors (Lipinski definition) is 3. The fraction of sp³-hybridized carbons (Fsp3) is 1.00. The highest BCUT2D eigenvalue weighted by atomic mass is 32.1. The van der Waals surface area contributed by atoms with Gasteiger partial charge in [0, 0.05) is 24.4 Å². The van der Waals surface area contributed by atoms with Crippen molar-refractivity contribution in [3.8, 4) is 0 Å². The van der Waals surface area contributed by atoms with Crippen LogP contribution in [-0.4, -0.2) is 31.4 Å². The molecule has 2 aliphatic rings. The molecule has 5 atom stereocenters. The Labute approximate surface area is 131 Å². The van der Waals surface area contributed by atoms with Crippen molar-refractivity contribution < 1.29 is 0 Å². The van der Waals surface area contributed by atoms with E-state index in [4.69, 9.17) is 0 Å². The van der Waals surface area contributed by atoms with Gasteiger partial charge in [0.15, 0.2) is 0 Å². The molecule has 2 rings (SSSR count). The molecule has 118 valence electrons. The van der Waals surface area contributed by atoms with Crippen molar-refractivity contribution in [2.75, 3.05) is 19.3 Å². The van der Waals surface area contributed by atoms with E-state index >= 15 is 0 Å². The van der Waals surface area contributed by atoms with E-state index in [0.29, 0.717) is 12.1 Å². The van der Waals surface area contributed by atoms with Crippen LogP contribution in [0.1, 0.15) is 58.3 Å². The van der Waals surface area contributed by atoms with Crippen LogP contribution in [0.3, 0.4) is 0 Å². The van der Waals surface area contributed by atoms with E-state index in [0.717, 1.165) is 30.1 Å². The summed E-state index contributed by atoms with van der Waals surface area (Å²) in [5, 5.41) is 7.22. The summed E-state index contributed by atoms with van der Waals surface area (Å²) in [5.41, 5.74) is 0. The van der Waals surface area contributed by atoms with Gasteiger partial charge in [0.05, 0.1) is 0 Å². The molecule has 0 radical (unpaired) electrons. The maximum Gasteiger partial charge on any atom is 0.0224 e. The lowest BCUT2D eigenvalue weighted by Gasteiger charge is -2.39. The molecule has 0 aromatic rings. The van der Waals surface area contributed by atoms with E-state index < -0.39 is 0 Å². The summed E-state index contributed by atoms with van der Waals surface area (Å²) in [5.74, 6) is 3.86. The zero-order valence-corrected chi connectivity index (χ0v) is 14.3. The number of hydrogen-bond acceptors (Lipinski definition) is 3. The predicted molar refractivity (Wildman–Crippen MR) is 91.6 cm³/mol. The second-order valence-electron chi connectivity index (χ2n) is 7.12. The monoisotopic (exact) mass is 298 g/mol. The van der Waals surface area contributed by atoms with E-state index in [9.17, 15) is 0 Å². The highest BCUT2D eigenvalue weighted by molar-refractivity contribution is 7.80. The smallest absolute Gasteiger partial charge is 0.0224 e. The maximum atomic E-state index is 4.34. The molecular formula is C17H34N2S. The molecule has 0 heterocycles. The second-order valence-corrected chi connectivity index (χ2v) is 7.56. The molecule has 20 heavy (non-hydrogen) atoms. The second kappa shape index (κ2) is 8.65. The molecule has 0 spiro atoms. The molecule has 0 aromatic heterocycles. The summed E-state index contributed by atoms with van der Waals surface area (Å²) in [6, 6.07) is 1.32. The third kappa shape index (κ3) is 4.64. The maximum absolute atomic E-state index is 4.34. The van der Waals surface area contributed by atoms with E-state index in [-0.39, 0.29) is 0 Å². The zero-order chi connectivity index (χ0) is 14.4. The summed E-state index contributed by atoms with van der Waals surface area (Å²) < 4.78 is 0. The van der Waals surface area contributed by atoms with Gasteiger partial charge in [-0.1, -0.05) is 32.6 Å². The van der Waals surface area contributed by atoms with Gasteiger partial charge in [0.25, 0.3) is 0 Å². The van der Waals surface area contributed by atoms with Gasteiger partial charge in [-0.3, -0.25) is 0 Å². The molecule has 0 aliphatic heterocycles. The summed E-state index contributed by atoms with van der Waals surface area (Å²) in [7, 11) is 2.11. The van der Waals surface area contributed by atoms with Gasteiger partial charge in [-0.05, 0) is 50.5 Å². The third-order valence-electron chi connectivity index (χ3n) is 5.77. The van der Waals surface area contributed by atoms with Crippen LogP contribution in [0.25, 0.3) is 0 Å². The first-order valence-electron chi connectivity index (χ1n) is 8.76. The largest absolute Gasteiger partial charge is 0.315 e. The fourth-order valence-electron chi connectivity index (χ4n) is 4.46. The average Bonchev–Trinajstić information content (AvgIpc) is 2.47. The van der Waals surface area contributed by atoms with Gasteiger partial charge < -0.3 is 10.6 Å². The minimum Gasteiger partial charge on any atom is -0.315 e. The third-order valence-corrected chi connectivity index (χ3v) is 6.00. The van der Waals surface area contributed by atoms with Crippen LogP contribution in [0.15, 0.2) is 0 Å².